The number of hydrogen-bond donors (Lipinski definition) is 2. The number of nitrogens with one attached hydrogen (secondary N) is 1. The van der Waals surface area contributed by atoms with E-state index >= 15 is 8.78 Å². The highest BCUT2D eigenvalue weighted by Crippen LogP contribution is 2.70. The van der Waals surface area contributed by atoms with Crippen molar-refractivity contribution in [1.82, 2.24) is 5.32 Å². The summed E-state index contributed by atoms with van der Waals surface area (Å²) in [7, 11) is 0. The molecule has 0 unspecified atom stereocenters. The average Bonchev–Trinajstić information content (AvgIpc) is 3.21. The lowest BCUT2D eigenvalue weighted by Gasteiger charge is -2.56. The van der Waals surface area contributed by atoms with Gasteiger partial charge in [0.25, 0.3) is 0 Å². The highest BCUT2D eigenvalue weighted by Gasteiger charge is 2.79. The SMILES string of the molecule is CC(C)NC(=O)OCC#Cc1ccc([C@H]2C[C@@]3(C)[C@@H](CC[C@@]3(O)C(F)(F)C(F)(F)F)[C@@H]3CCC4=CC(=O)CCC4=C32)cc1. The number of amides is 1. The maximum Gasteiger partial charge on any atom is 0.456 e. The molecule has 1 amide bonds. The van der Waals surface area contributed by atoms with Crippen LogP contribution in [0.1, 0.15) is 82.8 Å². The van der Waals surface area contributed by atoms with E-state index in [1.807, 2.05) is 0 Å². The molecule has 5 atom stereocenters. The summed E-state index contributed by atoms with van der Waals surface area (Å²) in [6.07, 6.45) is -3.57. The van der Waals surface area contributed by atoms with Gasteiger partial charge in [0.15, 0.2) is 12.4 Å². The third-order valence-electron chi connectivity index (χ3n) is 9.99. The fourth-order valence-corrected chi connectivity index (χ4v) is 8.03. The number of rotatable bonds is 4. The molecule has 0 aliphatic heterocycles. The van der Waals surface area contributed by atoms with Crippen LogP contribution in [0.4, 0.5) is 26.7 Å². The number of carbonyl (C=O) groups excluding carboxylic acids is 2. The zero-order valence-corrected chi connectivity index (χ0v) is 24.4. The molecule has 10 heteroatoms. The lowest BCUT2D eigenvalue weighted by Crippen LogP contribution is -2.65. The summed E-state index contributed by atoms with van der Waals surface area (Å²) in [5.74, 6) is -0.925. The number of alkyl halides is 5. The summed E-state index contributed by atoms with van der Waals surface area (Å²) in [6.45, 7) is 4.88. The zero-order valence-electron chi connectivity index (χ0n) is 24.4. The van der Waals surface area contributed by atoms with Gasteiger partial charge in [-0.25, -0.2) is 4.79 Å². The van der Waals surface area contributed by atoms with Gasteiger partial charge in [-0.05, 0) is 99.1 Å². The molecule has 4 aliphatic rings. The van der Waals surface area contributed by atoms with Crippen LogP contribution in [0.3, 0.4) is 0 Å². The van der Waals surface area contributed by atoms with E-state index in [2.05, 4.69) is 17.2 Å². The number of benzene rings is 1. The Morgan fingerprint density at radius 3 is 2.47 bits per heavy atom. The summed E-state index contributed by atoms with van der Waals surface area (Å²) < 4.78 is 76.5. The number of carbonyl (C=O) groups is 2. The first-order valence-electron chi connectivity index (χ1n) is 14.7. The first-order chi connectivity index (χ1) is 20.1. The van der Waals surface area contributed by atoms with Crippen molar-refractivity contribution < 1.29 is 41.4 Å². The van der Waals surface area contributed by atoms with Crippen LogP contribution < -0.4 is 5.32 Å². The molecule has 1 aromatic rings. The molecule has 0 aromatic heterocycles. The summed E-state index contributed by atoms with van der Waals surface area (Å²) in [5.41, 5.74) is -0.662. The van der Waals surface area contributed by atoms with Gasteiger partial charge in [-0.3, -0.25) is 4.79 Å². The predicted octanol–water partition coefficient (Wildman–Crippen LogP) is 7.00. The van der Waals surface area contributed by atoms with Gasteiger partial charge < -0.3 is 15.2 Å². The Balaban J connectivity index is 1.51. The van der Waals surface area contributed by atoms with Crippen molar-refractivity contribution in [3.05, 3.63) is 58.2 Å². The second-order valence-electron chi connectivity index (χ2n) is 12.8. The van der Waals surface area contributed by atoms with E-state index in [0.717, 1.165) is 22.3 Å². The second-order valence-corrected chi connectivity index (χ2v) is 12.8. The van der Waals surface area contributed by atoms with Gasteiger partial charge in [0.05, 0.1) is 0 Å². The number of halogens is 5. The smallest absolute Gasteiger partial charge is 0.436 e. The lowest BCUT2D eigenvalue weighted by molar-refractivity contribution is -0.362. The van der Waals surface area contributed by atoms with Gasteiger partial charge >= 0.3 is 18.2 Å². The van der Waals surface area contributed by atoms with Crippen LogP contribution in [-0.2, 0) is 9.53 Å². The minimum atomic E-state index is -5.89. The number of ketones is 1. The quantitative estimate of drug-likeness (QED) is 0.286. The molecule has 0 spiro atoms. The summed E-state index contributed by atoms with van der Waals surface area (Å²) in [4.78, 5) is 23.8. The van der Waals surface area contributed by atoms with Gasteiger partial charge in [0.2, 0.25) is 0 Å². The Morgan fingerprint density at radius 2 is 1.81 bits per heavy atom. The van der Waals surface area contributed by atoms with E-state index in [0.29, 0.717) is 31.2 Å². The van der Waals surface area contributed by atoms with Crippen LogP contribution in [0.2, 0.25) is 0 Å². The van der Waals surface area contributed by atoms with E-state index in [1.54, 1.807) is 44.2 Å². The van der Waals surface area contributed by atoms with Gasteiger partial charge in [-0.15, -0.1) is 0 Å². The number of ether oxygens (including phenoxy) is 1. The molecule has 0 radical (unpaired) electrons. The minimum absolute atomic E-state index is 0.0312. The van der Waals surface area contributed by atoms with Crippen LogP contribution in [0.25, 0.3) is 0 Å². The van der Waals surface area contributed by atoms with Crippen molar-refractivity contribution in [3.63, 3.8) is 0 Å². The third kappa shape index (κ3) is 5.28. The van der Waals surface area contributed by atoms with E-state index in [9.17, 15) is 27.9 Å². The van der Waals surface area contributed by atoms with Crippen LogP contribution >= 0.6 is 0 Å². The van der Waals surface area contributed by atoms with Crippen molar-refractivity contribution in [2.75, 3.05) is 6.61 Å². The Morgan fingerprint density at radius 1 is 1.12 bits per heavy atom. The number of allylic oxidation sites excluding steroid dienone is 4. The minimum Gasteiger partial charge on any atom is -0.436 e. The molecule has 0 heterocycles. The van der Waals surface area contributed by atoms with E-state index in [-0.39, 0.29) is 37.2 Å². The van der Waals surface area contributed by atoms with Crippen molar-refractivity contribution in [3.8, 4) is 11.8 Å². The number of aliphatic hydroxyl groups is 1. The van der Waals surface area contributed by atoms with Crippen molar-refractivity contribution in [1.29, 1.82) is 0 Å². The van der Waals surface area contributed by atoms with Crippen LogP contribution in [-0.4, -0.2) is 47.3 Å². The molecule has 5 nitrogen and oxygen atoms in total. The summed E-state index contributed by atoms with van der Waals surface area (Å²) >= 11 is 0. The average molecular weight is 606 g/mol. The third-order valence-corrected chi connectivity index (χ3v) is 9.99. The Bertz CT molecular complexity index is 1420. The van der Waals surface area contributed by atoms with E-state index < -0.39 is 47.5 Å². The highest BCUT2D eigenvalue weighted by atomic mass is 19.4. The molecule has 0 bridgehead atoms. The van der Waals surface area contributed by atoms with Crippen LogP contribution in [0.15, 0.2) is 47.1 Å². The van der Waals surface area contributed by atoms with Crippen molar-refractivity contribution in [2.45, 2.75) is 95.4 Å². The Hall–Kier alpha value is -3.19. The molecule has 5 rings (SSSR count). The van der Waals surface area contributed by atoms with Crippen LogP contribution in [0, 0.1) is 29.1 Å². The normalized spacial score (nSPS) is 30.5. The number of alkyl carbamates (subject to hydrolysis) is 1. The van der Waals surface area contributed by atoms with Gasteiger partial charge in [-0.2, -0.15) is 22.0 Å². The Labute approximate surface area is 247 Å². The maximum atomic E-state index is 15.1. The first kappa shape index (κ1) is 31.2. The molecule has 43 heavy (non-hydrogen) atoms. The van der Waals surface area contributed by atoms with E-state index in [4.69, 9.17) is 4.74 Å². The number of fused-ring (bicyclic) bond motifs is 4. The fourth-order valence-electron chi connectivity index (χ4n) is 8.03. The van der Waals surface area contributed by atoms with Crippen LogP contribution in [0.5, 0.6) is 0 Å². The standard InChI is InChI=1S/C33H36F5NO4/c1-19(2)39-29(41)43-16-4-5-20-6-8-21(9-7-20)26-18-30(3)27(14-15-31(30,42)32(34,35)33(36,37)38)25-12-10-22-17-23(40)11-13-24(22)28(25)26/h6-9,17,19,25-27,42H,10-16,18H2,1-3H3,(H,39,41)/t25-,26+,27-,30-,31-/m0/s1. The maximum absolute atomic E-state index is 15.1. The van der Waals surface area contributed by atoms with Crippen molar-refractivity contribution >= 4 is 11.9 Å². The fraction of sp³-hybridized carbons (Fsp3) is 0.576. The predicted molar refractivity (Wildman–Crippen MR) is 149 cm³/mol. The molecular formula is C33H36F5NO4. The van der Waals surface area contributed by atoms with Gasteiger partial charge in [0.1, 0.15) is 5.60 Å². The molecule has 2 fully saturated rings. The van der Waals surface area contributed by atoms with Crippen molar-refractivity contribution in [2.24, 2.45) is 17.3 Å². The molecule has 1 aromatic carbocycles. The zero-order chi connectivity index (χ0) is 31.4. The largest absolute Gasteiger partial charge is 0.456 e. The molecule has 2 N–H and O–H groups in total. The first-order valence-corrected chi connectivity index (χ1v) is 14.7. The summed E-state index contributed by atoms with van der Waals surface area (Å²) in [5, 5.41) is 14.0. The molecule has 2 saturated carbocycles. The summed E-state index contributed by atoms with van der Waals surface area (Å²) in [6, 6.07) is 6.97. The molecular weight excluding hydrogens is 569 g/mol. The molecule has 4 aliphatic carbocycles. The van der Waals surface area contributed by atoms with E-state index in [1.165, 1.54) is 6.92 Å². The number of hydrogen-bond acceptors (Lipinski definition) is 4. The monoisotopic (exact) mass is 605 g/mol. The molecule has 0 saturated heterocycles. The second kappa shape index (κ2) is 11.1. The van der Waals surface area contributed by atoms with Gasteiger partial charge in [-0.1, -0.05) is 36.5 Å². The lowest BCUT2D eigenvalue weighted by atomic mass is 9.50. The highest BCUT2D eigenvalue weighted by molar-refractivity contribution is 5.93. The molecule has 232 valence electrons. The van der Waals surface area contributed by atoms with Gasteiger partial charge in [0, 0.05) is 29.4 Å². The topological polar surface area (TPSA) is 75.6 Å². The Kier molecular flexibility index (Phi) is 8.04.